The quantitative estimate of drug-likeness (QED) is 0.550. The Bertz CT molecular complexity index is 503. The van der Waals surface area contributed by atoms with Gasteiger partial charge in [0.2, 0.25) is 0 Å². The molecule has 96 valence electrons. The summed E-state index contributed by atoms with van der Waals surface area (Å²) in [4.78, 5) is 11.1. The SMILES string of the molecule is C/C1=C\CC/C(C=O)=C/C(C)c2c(C)coc2C1. The van der Waals surface area contributed by atoms with E-state index in [2.05, 4.69) is 32.9 Å². The normalized spacial score (nSPS) is 26.5. The van der Waals surface area contributed by atoms with E-state index in [1.54, 1.807) is 0 Å². The molecule has 2 heteroatoms. The molecule has 1 aliphatic carbocycles. The number of aryl methyl sites for hydroxylation is 1. The van der Waals surface area contributed by atoms with Crippen molar-refractivity contribution in [3.8, 4) is 0 Å². The zero-order valence-corrected chi connectivity index (χ0v) is 11.3. The van der Waals surface area contributed by atoms with Crippen LogP contribution in [0.2, 0.25) is 0 Å². The molecular weight excluding hydrogens is 224 g/mol. The van der Waals surface area contributed by atoms with Crippen LogP contribution in [0, 0.1) is 6.92 Å². The summed E-state index contributed by atoms with van der Waals surface area (Å²) in [5, 5.41) is 0. The smallest absolute Gasteiger partial charge is 0.145 e. The number of allylic oxidation sites excluding steroid dienone is 4. The fourth-order valence-corrected chi connectivity index (χ4v) is 2.65. The van der Waals surface area contributed by atoms with E-state index in [0.29, 0.717) is 0 Å². The minimum atomic E-state index is 0.241. The van der Waals surface area contributed by atoms with Crippen LogP contribution < -0.4 is 0 Å². The minimum absolute atomic E-state index is 0.241. The van der Waals surface area contributed by atoms with Gasteiger partial charge in [-0.1, -0.05) is 24.6 Å². The van der Waals surface area contributed by atoms with Gasteiger partial charge in [0.15, 0.2) is 0 Å². The van der Waals surface area contributed by atoms with E-state index < -0.39 is 0 Å². The molecule has 0 radical (unpaired) electrons. The Kier molecular flexibility index (Phi) is 3.85. The third kappa shape index (κ3) is 2.63. The Morgan fingerprint density at radius 2 is 2.17 bits per heavy atom. The van der Waals surface area contributed by atoms with Crippen LogP contribution in [-0.4, -0.2) is 6.29 Å². The third-order valence-electron chi connectivity index (χ3n) is 3.54. The Balaban J connectivity index is 2.48. The molecule has 0 N–H and O–H groups in total. The van der Waals surface area contributed by atoms with Crippen LogP contribution in [0.25, 0.3) is 0 Å². The summed E-state index contributed by atoms with van der Waals surface area (Å²) >= 11 is 0. The van der Waals surface area contributed by atoms with Crippen molar-refractivity contribution in [1.82, 2.24) is 0 Å². The molecule has 0 bridgehead atoms. The van der Waals surface area contributed by atoms with Crippen LogP contribution in [0.1, 0.15) is 49.5 Å². The first-order valence-electron chi connectivity index (χ1n) is 6.50. The first-order chi connectivity index (χ1) is 8.61. The van der Waals surface area contributed by atoms with Crippen LogP contribution in [0.4, 0.5) is 0 Å². The Morgan fingerprint density at radius 1 is 1.39 bits per heavy atom. The summed E-state index contributed by atoms with van der Waals surface area (Å²) in [5.41, 5.74) is 4.61. The molecule has 1 heterocycles. The zero-order valence-electron chi connectivity index (χ0n) is 11.3. The molecule has 1 unspecified atom stereocenters. The molecule has 0 amide bonds. The predicted molar refractivity (Wildman–Crippen MR) is 72.7 cm³/mol. The van der Waals surface area contributed by atoms with E-state index in [-0.39, 0.29) is 5.92 Å². The molecule has 1 aromatic heterocycles. The van der Waals surface area contributed by atoms with Crippen molar-refractivity contribution in [2.45, 2.75) is 46.0 Å². The molecule has 18 heavy (non-hydrogen) atoms. The van der Waals surface area contributed by atoms with Gasteiger partial charge in [0.05, 0.1) is 6.26 Å². The van der Waals surface area contributed by atoms with Gasteiger partial charge >= 0.3 is 0 Å². The van der Waals surface area contributed by atoms with Crippen LogP contribution in [-0.2, 0) is 11.2 Å². The average Bonchev–Trinajstić information content (AvgIpc) is 2.68. The van der Waals surface area contributed by atoms with Crippen molar-refractivity contribution < 1.29 is 9.21 Å². The summed E-state index contributed by atoms with van der Waals surface area (Å²) in [6.07, 6.45) is 9.71. The van der Waals surface area contributed by atoms with E-state index >= 15 is 0 Å². The number of hydrogen-bond acceptors (Lipinski definition) is 2. The number of furan rings is 1. The van der Waals surface area contributed by atoms with Crippen molar-refractivity contribution >= 4 is 6.29 Å². The van der Waals surface area contributed by atoms with Gasteiger partial charge in [0.1, 0.15) is 12.0 Å². The maximum absolute atomic E-state index is 11.1. The number of carbonyl (C=O) groups is 1. The van der Waals surface area contributed by atoms with Crippen LogP contribution >= 0.6 is 0 Å². The molecule has 0 saturated carbocycles. The topological polar surface area (TPSA) is 30.2 Å². The summed E-state index contributed by atoms with van der Waals surface area (Å²) in [7, 11) is 0. The number of carbonyl (C=O) groups excluding carboxylic acids is 1. The largest absolute Gasteiger partial charge is 0.468 e. The second-order valence-electron chi connectivity index (χ2n) is 5.17. The lowest BCUT2D eigenvalue weighted by molar-refractivity contribution is -0.105. The Morgan fingerprint density at radius 3 is 2.89 bits per heavy atom. The highest BCUT2D eigenvalue weighted by molar-refractivity contribution is 5.73. The lowest BCUT2D eigenvalue weighted by Gasteiger charge is -2.12. The zero-order chi connectivity index (χ0) is 13.1. The van der Waals surface area contributed by atoms with Crippen molar-refractivity contribution in [1.29, 1.82) is 0 Å². The van der Waals surface area contributed by atoms with Crippen LogP contribution in [0.3, 0.4) is 0 Å². The second-order valence-corrected chi connectivity index (χ2v) is 5.17. The van der Waals surface area contributed by atoms with Gasteiger partial charge in [-0.3, -0.25) is 4.79 Å². The van der Waals surface area contributed by atoms with Crippen molar-refractivity contribution in [3.05, 3.63) is 46.4 Å². The van der Waals surface area contributed by atoms with E-state index in [1.165, 1.54) is 16.7 Å². The van der Waals surface area contributed by atoms with Crippen LogP contribution in [0.15, 0.2) is 34.0 Å². The van der Waals surface area contributed by atoms with Crippen molar-refractivity contribution in [2.24, 2.45) is 0 Å². The van der Waals surface area contributed by atoms with Gasteiger partial charge in [-0.2, -0.15) is 0 Å². The molecule has 0 aliphatic heterocycles. The van der Waals surface area contributed by atoms with Crippen molar-refractivity contribution in [2.75, 3.05) is 0 Å². The molecular formula is C16H20O2. The molecule has 0 fully saturated rings. The molecule has 0 aromatic carbocycles. The van der Waals surface area contributed by atoms with Gasteiger partial charge in [0.25, 0.3) is 0 Å². The fourth-order valence-electron chi connectivity index (χ4n) is 2.65. The van der Waals surface area contributed by atoms with E-state index in [0.717, 1.165) is 36.9 Å². The fraction of sp³-hybridized carbons (Fsp3) is 0.438. The summed E-state index contributed by atoms with van der Waals surface area (Å²) in [6, 6.07) is 0. The second kappa shape index (κ2) is 5.38. The van der Waals surface area contributed by atoms with Gasteiger partial charge in [-0.15, -0.1) is 0 Å². The number of aldehydes is 1. The molecule has 2 rings (SSSR count). The predicted octanol–water partition coefficient (Wildman–Crippen LogP) is 4.10. The highest BCUT2D eigenvalue weighted by Gasteiger charge is 2.17. The molecule has 1 atom stereocenters. The lowest BCUT2D eigenvalue weighted by atomic mass is 9.91. The number of fused-ring (bicyclic) bond motifs is 1. The maximum atomic E-state index is 11.1. The van der Waals surface area contributed by atoms with Gasteiger partial charge in [0, 0.05) is 17.9 Å². The van der Waals surface area contributed by atoms with E-state index in [1.807, 2.05) is 6.26 Å². The van der Waals surface area contributed by atoms with Gasteiger partial charge in [-0.25, -0.2) is 0 Å². The van der Waals surface area contributed by atoms with Gasteiger partial charge < -0.3 is 4.42 Å². The van der Waals surface area contributed by atoms with Crippen molar-refractivity contribution in [3.63, 3.8) is 0 Å². The third-order valence-corrected chi connectivity index (χ3v) is 3.54. The Hall–Kier alpha value is -1.57. The Labute approximate surface area is 108 Å². The molecule has 2 nitrogen and oxygen atoms in total. The molecule has 0 spiro atoms. The van der Waals surface area contributed by atoms with Gasteiger partial charge in [-0.05, 0) is 37.8 Å². The lowest BCUT2D eigenvalue weighted by Crippen LogP contribution is -2.00. The first kappa shape index (κ1) is 12.9. The molecule has 1 aliphatic rings. The summed E-state index contributed by atoms with van der Waals surface area (Å²) < 4.78 is 5.67. The molecule has 0 saturated heterocycles. The highest BCUT2D eigenvalue weighted by atomic mass is 16.3. The summed E-state index contributed by atoms with van der Waals surface area (Å²) in [5.74, 6) is 1.28. The minimum Gasteiger partial charge on any atom is -0.468 e. The average molecular weight is 244 g/mol. The van der Waals surface area contributed by atoms with E-state index in [9.17, 15) is 4.79 Å². The number of rotatable bonds is 1. The summed E-state index contributed by atoms with van der Waals surface area (Å²) in [6.45, 7) is 6.32. The molecule has 1 aromatic rings. The van der Waals surface area contributed by atoms with Crippen LogP contribution in [0.5, 0.6) is 0 Å². The highest BCUT2D eigenvalue weighted by Crippen LogP contribution is 2.30. The number of hydrogen-bond donors (Lipinski definition) is 0. The van der Waals surface area contributed by atoms with E-state index in [4.69, 9.17) is 4.42 Å². The maximum Gasteiger partial charge on any atom is 0.145 e. The standard InChI is InChI=1S/C16H20O2/c1-11-5-4-6-14(9-17)8-12(2)16-13(3)10-18-15(16)7-11/h5,8-10,12H,4,6-7H2,1-3H3/b11-5+,14-8-. The monoisotopic (exact) mass is 244 g/mol. The first-order valence-corrected chi connectivity index (χ1v) is 6.50.